The maximum atomic E-state index is 15.8. The number of nitrogens with zero attached hydrogens (tertiary/aromatic N) is 4. The number of nitrogens with one attached hydrogen (secondary N) is 1. The number of sulfone groups is 1. The van der Waals surface area contributed by atoms with Gasteiger partial charge in [0, 0.05) is 31.2 Å². The van der Waals surface area contributed by atoms with Crippen molar-refractivity contribution >= 4 is 26.7 Å². The Morgan fingerprint density at radius 2 is 1.80 bits per heavy atom. The molecule has 0 saturated heterocycles. The molecule has 1 fully saturated rings. The van der Waals surface area contributed by atoms with Crippen molar-refractivity contribution in [1.29, 1.82) is 0 Å². The van der Waals surface area contributed by atoms with Crippen molar-refractivity contribution in [2.45, 2.75) is 77.6 Å². The highest BCUT2D eigenvalue weighted by Crippen LogP contribution is 2.49. The van der Waals surface area contributed by atoms with Crippen LogP contribution in [0.1, 0.15) is 86.5 Å². The molecule has 7 rings (SSSR count). The number of carboxylic acids is 1. The van der Waals surface area contributed by atoms with E-state index in [1.807, 2.05) is 32.0 Å². The summed E-state index contributed by atoms with van der Waals surface area (Å²) in [6, 6.07) is 13.2. The lowest BCUT2D eigenvalue weighted by molar-refractivity contribution is -0.143. The average Bonchev–Trinajstić information content (AvgIpc) is 3.49. The zero-order valence-corrected chi connectivity index (χ0v) is 30.2. The molecule has 0 radical (unpaired) electrons. The smallest absolute Gasteiger partial charge is 0.309 e. The fourth-order valence-corrected chi connectivity index (χ4v) is 9.89. The summed E-state index contributed by atoms with van der Waals surface area (Å²) in [4.78, 5) is 24.4. The van der Waals surface area contributed by atoms with E-state index >= 15 is 8.78 Å². The van der Waals surface area contributed by atoms with Crippen LogP contribution in [0.5, 0.6) is 0 Å². The van der Waals surface area contributed by atoms with Crippen molar-refractivity contribution in [2.24, 2.45) is 17.9 Å². The molecule has 1 aliphatic carbocycles. The largest absolute Gasteiger partial charge is 0.481 e. The molecule has 1 aliphatic heterocycles. The summed E-state index contributed by atoms with van der Waals surface area (Å²) in [5, 5.41) is 15.2. The number of benzene rings is 2. The number of aromatic nitrogens is 5. The summed E-state index contributed by atoms with van der Waals surface area (Å²) in [5.74, 6) is -1.95. The van der Waals surface area contributed by atoms with Gasteiger partial charge in [-0.05, 0) is 96.9 Å². The molecule has 2 aromatic carbocycles. The van der Waals surface area contributed by atoms with E-state index in [9.17, 15) is 18.3 Å². The van der Waals surface area contributed by atoms with E-state index < -0.39 is 43.7 Å². The number of aryl methyl sites for hydroxylation is 2. The summed E-state index contributed by atoms with van der Waals surface area (Å²) >= 11 is 0. The van der Waals surface area contributed by atoms with E-state index in [1.165, 1.54) is 6.20 Å². The molecule has 0 amide bonds. The quantitative estimate of drug-likeness (QED) is 0.203. The van der Waals surface area contributed by atoms with Gasteiger partial charge in [0.1, 0.15) is 5.69 Å². The molecule has 3 aromatic heterocycles. The zero-order valence-electron chi connectivity index (χ0n) is 29.4. The number of carbonyl (C=O) groups is 1. The minimum atomic E-state index is -3.60. The van der Waals surface area contributed by atoms with Crippen LogP contribution in [0.25, 0.3) is 22.4 Å². The summed E-state index contributed by atoms with van der Waals surface area (Å²) in [6.45, 7) is 5.98. The molecule has 4 bridgehead atoms. The number of aromatic amines is 1. The molecule has 1 atom stereocenters. The second kappa shape index (κ2) is 12.6. The van der Waals surface area contributed by atoms with Crippen LogP contribution in [0.2, 0.25) is 0 Å². The molecule has 9 nitrogen and oxygen atoms in total. The van der Waals surface area contributed by atoms with Crippen LogP contribution in [0.4, 0.5) is 8.78 Å². The van der Waals surface area contributed by atoms with Gasteiger partial charge in [-0.3, -0.25) is 9.78 Å². The van der Waals surface area contributed by atoms with Crippen LogP contribution in [0, 0.1) is 22.5 Å². The summed E-state index contributed by atoms with van der Waals surface area (Å²) in [5.41, 5.74) is 1.68. The molecule has 12 heteroatoms. The van der Waals surface area contributed by atoms with Gasteiger partial charge in [0.2, 0.25) is 0 Å². The summed E-state index contributed by atoms with van der Waals surface area (Å²) < 4.78 is 60.2. The number of hydrogen-bond acceptors (Lipinski definition) is 6. The maximum Gasteiger partial charge on any atom is 0.309 e. The molecule has 2 aliphatic rings. The molecule has 0 spiro atoms. The summed E-state index contributed by atoms with van der Waals surface area (Å²) in [6.07, 6.45) is 6.84. The Morgan fingerprint density at radius 3 is 2.55 bits per heavy atom. The lowest BCUT2D eigenvalue weighted by Crippen LogP contribution is -2.29. The van der Waals surface area contributed by atoms with E-state index in [-0.39, 0.29) is 35.4 Å². The Bertz CT molecular complexity index is 2270. The van der Waals surface area contributed by atoms with Gasteiger partial charge < -0.3 is 10.1 Å². The molecule has 51 heavy (non-hydrogen) atoms. The third-order valence-electron chi connectivity index (χ3n) is 11.0. The third kappa shape index (κ3) is 6.70. The Labute approximate surface area is 296 Å². The predicted molar refractivity (Wildman–Crippen MR) is 191 cm³/mol. The van der Waals surface area contributed by atoms with Crippen LogP contribution in [0.3, 0.4) is 0 Å². The highest BCUT2D eigenvalue weighted by Gasteiger charge is 2.50. The van der Waals surface area contributed by atoms with Gasteiger partial charge in [0.05, 0.1) is 27.9 Å². The maximum absolute atomic E-state index is 15.8. The Balaban J connectivity index is 1.34. The van der Waals surface area contributed by atoms with Crippen LogP contribution >= 0.6 is 0 Å². The first-order valence-electron chi connectivity index (χ1n) is 17.5. The Hall–Kier alpha value is -4.45. The molecular formula is C39H43F2N5O4S. The van der Waals surface area contributed by atoms with Crippen molar-refractivity contribution in [1.82, 2.24) is 24.7 Å². The van der Waals surface area contributed by atoms with Crippen LogP contribution in [-0.4, -0.2) is 55.7 Å². The number of hydrogen-bond donors (Lipinski definition) is 2. The van der Waals surface area contributed by atoms with Gasteiger partial charge in [-0.15, -0.1) is 0 Å². The molecule has 4 heterocycles. The van der Waals surface area contributed by atoms with Crippen molar-refractivity contribution in [3.8, 4) is 11.5 Å². The minimum absolute atomic E-state index is 0.0211. The van der Waals surface area contributed by atoms with Crippen molar-refractivity contribution in [3.05, 3.63) is 100 Å². The number of carboxylic acid groups (broad SMARTS) is 1. The SMILES string of the molecule is Cn1nc2nc1-c1cc(ccn1)Cc1c(F)c(F)c3[nH]ccc3c1CCS(=O)(=O)CC(C)(C)CCC[C@]2(C)c1cccc(CC2(C(=O)O)CC2)c1. The van der Waals surface area contributed by atoms with E-state index in [0.717, 1.165) is 11.1 Å². The highest BCUT2D eigenvalue weighted by atomic mass is 32.2. The second-order valence-corrected chi connectivity index (χ2v) is 17.8. The number of fused-ring (bicyclic) bond motifs is 8. The second-order valence-electron chi connectivity index (χ2n) is 15.6. The third-order valence-corrected chi connectivity index (χ3v) is 13.1. The first kappa shape index (κ1) is 35.0. The van der Waals surface area contributed by atoms with Gasteiger partial charge in [-0.2, -0.15) is 5.10 Å². The van der Waals surface area contributed by atoms with Gasteiger partial charge in [0.15, 0.2) is 33.1 Å². The highest BCUT2D eigenvalue weighted by molar-refractivity contribution is 7.91. The molecule has 268 valence electrons. The first-order valence-corrected chi connectivity index (χ1v) is 19.3. The molecule has 0 unspecified atom stereocenters. The van der Waals surface area contributed by atoms with Gasteiger partial charge in [-0.25, -0.2) is 26.9 Å². The van der Waals surface area contributed by atoms with Gasteiger partial charge >= 0.3 is 5.97 Å². The zero-order chi connectivity index (χ0) is 36.3. The van der Waals surface area contributed by atoms with Crippen LogP contribution < -0.4 is 0 Å². The minimum Gasteiger partial charge on any atom is -0.481 e. The number of pyridine rings is 1. The van der Waals surface area contributed by atoms with E-state index in [1.54, 1.807) is 36.1 Å². The van der Waals surface area contributed by atoms with Gasteiger partial charge in [0.25, 0.3) is 0 Å². The standard InChI is InChI=1S/C39H43F2N5O4S/c1-37(2)12-6-13-38(3,26-8-5-7-25(19-26)22-39(14-15-39)36(47)48)35-44-34(46(4)45-35)30-21-24(9-16-42-30)20-29-27(11-18-51(49,50)23-37)28-10-17-43-33(28)32(41)31(29)40/h5,7-10,16-17,19,21,43H,6,11-15,18,20,22-23H2,1-4H3,(H,47,48)/t38-/m1/s1. The van der Waals surface area contributed by atoms with Crippen molar-refractivity contribution in [2.75, 3.05) is 11.5 Å². The lowest BCUT2D eigenvalue weighted by atomic mass is 9.75. The Kier molecular flexibility index (Phi) is 8.67. The molecule has 5 aromatic rings. The number of H-pyrrole nitrogens is 1. The first-order chi connectivity index (χ1) is 24.1. The molecule has 2 N–H and O–H groups in total. The average molecular weight is 716 g/mol. The lowest BCUT2D eigenvalue weighted by Gasteiger charge is -2.31. The van der Waals surface area contributed by atoms with Crippen LogP contribution in [0.15, 0.2) is 54.9 Å². The number of rotatable bonds is 4. The predicted octanol–water partition coefficient (Wildman–Crippen LogP) is 7.11. The van der Waals surface area contributed by atoms with Gasteiger partial charge in [-0.1, -0.05) is 44.5 Å². The normalized spacial score (nSPS) is 21.4. The van der Waals surface area contributed by atoms with E-state index in [4.69, 9.17) is 10.1 Å². The van der Waals surface area contributed by atoms with E-state index in [0.29, 0.717) is 72.4 Å². The topological polar surface area (TPSA) is 131 Å². The molecular weight excluding hydrogens is 673 g/mol. The number of halogens is 2. The van der Waals surface area contributed by atoms with Crippen molar-refractivity contribution < 1.29 is 27.1 Å². The summed E-state index contributed by atoms with van der Waals surface area (Å²) in [7, 11) is -1.80. The fraction of sp³-hybridized carbons (Fsp3) is 0.436. The van der Waals surface area contributed by atoms with E-state index in [2.05, 4.69) is 23.0 Å². The monoisotopic (exact) mass is 715 g/mol. The van der Waals surface area contributed by atoms with Crippen LogP contribution in [-0.2, 0) is 46.4 Å². The van der Waals surface area contributed by atoms with Crippen molar-refractivity contribution in [3.63, 3.8) is 0 Å². The fourth-order valence-electron chi connectivity index (χ4n) is 7.90. The number of aliphatic carboxylic acids is 1. The molecule has 1 saturated carbocycles. The Morgan fingerprint density at radius 1 is 1.02 bits per heavy atom.